The standard InChI is InChI=1S/C17H19FN4/c1-13-19-11-16(20-12-22-9-3-2-4-10-22)17(21-13)14-5-7-15(18)8-6-14/h2-3,5-8,11,20H,4,9-10,12H2,1H3. The van der Waals surface area contributed by atoms with Crippen LogP contribution in [0.2, 0.25) is 0 Å². The Labute approximate surface area is 129 Å². The lowest BCUT2D eigenvalue weighted by molar-refractivity contribution is 0.320. The lowest BCUT2D eigenvalue weighted by Crippen LogP contribution is -2.32. The predicted octanol–water partition coefficient (Wildman–Crippen LogP) is 3.22. The maximum Gasteiger partial charge on any atom is 0.126 e. The molecule has 0 saturated carbocycles. The molecular formula is C17H19FN4. The van der Waals surface area contributed by atoms with Crippen molar-refractivity contribution in [3.05, 3.63) is 54.3 Å². The molecule has 0 spiro atoms. The molecule has 0 bridgehead atoms. The number of nitrogens with one attached hydrogen (secondary N) is 1. The van der Waals surface area contributed by atoms with E-state index >= 15 is 0 Å². The normalized spacial score (nSPS) is 15.0. The third-order valence-corrected chi connectivity index (χ3v) is 3.66. The van der Waals surface area contributed by atoms with E-state index in [9.17, 15) is 4.39 Å². The summed E-state index contributed by atoms with van der Waals surface area (Å²) in [4.78, 5) is 11.1. The van der Waals surface area contributed by atoms with E-state index in [2.05, 4.69) is 32.3 Å². The summed E-state index contributed by atoms with van der Waals surface area (Å²) in [6.07, 6.45) is 7.25. The molecule has 0 saturated heterocycles. The number of hydrogen-bond donors (Lipinski definition) is 1. The van der Waals surface area contributed by atoms with Crippen molar-refractivity contribution in [2.45, 2.75) is 13.3 Å². The highest BCUT2D eigenvalue weighted by Gasteiger charge is 2.11. The molecule has 1 aliphatic rings. The molecule has 0 atom stereocenters. The maximum absolute atomic E-state index is 13.1. The minimum absolute atomic E-state index is 0.246. The summed E-state index contributed by atoms with van der Waals surface area (Å²) >= 11 is 0. The van der Waals surface area contributed by atoms with Gasteiger partial charge in [-0.05, 0) is 37.6 Å². The molecule has 0 aliphatic carbocycles. The highest BCUT2D eigenvalue weighted by molar-refractivity contribution is 5.73. The molecule has 1 aromatic heterocycles. The van der Waals surface area contributed by atoms with E-state index in [-0.39, 0.29) is 5.82 Å². The number of benzene rings is 1. The Bertz CT molecular complexity index is 667. The summed E-state index contributed by atoms with van der Waals surface area (Å²) < 4.78 is 13.1. The van der Waals surface area contributed by atoms with Crippen LogP contribution in [0.4, 0.5) is 10.1 Å². The Kier molecular flexibility index (Phi) is 4.44. The second-order valence-corrected chi connectivity index (χ2v) is 5.36. The second-order valence-electron chi connectivity index (χ2n) is 5.36. The number of anilines is 1. The molecular weight excluding hydrogens is 279 g/mol. The molecule has 4 nitrogen and oxygen atoms in total. The fourth-order valence-corrected chi connectivity index (χ4v) is 2.46. The van der Waals surface area contributed by atoms with Crippen molar-refractivity contribution >= 4 is 5.69 Å². The summed E-state index contributed by atoms with van der Waals surface area (Å²) in [7, 11) is 0. The minimum atomic E-state index is -0.246. The quantitative estimate of drug-likeness (QED) is 0.880. The number of aryl methyl sites for hydroxylation is 1. The topological polar surface area (TPSA) is 41.1 Å². The molecule has 0 fully saturated rings. The van der Waals surface area contributed by atoms with Gasteiger partial charge in [-0.1, -0.05) is 12.2 Å². The number of nitrogens with zero attached hydrogens (tertiary/aromatic N) is 3. The Hall–Kier alpha value is -2.27. The van der Waals surface area contributed by atoms with Gasteiger partial charge in [0.15, 0.2) is 0 Å². The first kappa shape index (κ1) is 14.7. The number of halogens is 1. The summed E-state index contributed by atoms with van der Waals surface area (Å²) in [5.41, 5.74) is 2.56. The molecule has 0 amide bonds. The van der Waals surface area contributed by atoms with Gasteiger partial charge in [-0.25, -0.2) is 14.4 Å². The van der Waals surface area contributed by atoms with E-state index in [0.29, 0.717) is 5.82 Å². The average molecular weight is 298 g/mol. The van der Waals surface area contributed by atoms with Gasteiger partial charge in [0.2, 0.25) is 0 Å². The SMILES string of the molecule is Cc1ncc(NCN2CC=CCC2)c(-c2ccc(F)cc2)n1. The van der Waals surface area contributed by atoms with Crippen molar-refractivity contribution in [2.75, 3.05) is 25.1 Å². The van der Waals surface area contributed by atoms with E-state index in [1.807, 2.05) is 6.92 Å². The predicted molar refractivity (Wildman–Crippen MR) is 86.0 cm³/mol. The van der Waals surface area contributed by atoms with Crippen molar-refractivity contribution in [3.8, 4) is 11.3 Å². The average Bonchev–Trinajstić information content (AvgIpc) is 2.55. The van der Waals surface area contributed by atoms with Gasteiger partial charge in [0.05, 0.1) is 24.2 Å². The Balaban J connectivity index is 1.81. The fraction of sp³-hybridized carbons (Fsp3) is 0.294. The maximum atomic E-state index is 13.1. The van der Waals surface area contributed by atoms with Crippen LogP contribution < -0.4 is 5.32 Å². The number of rotatable bonds is 4. The summed E-state index contributed by atoms with van der Waals surface area (Å²) in [6, 6.07) is 6.38. The van der Waals surface area contributed by atoms with Crippen LogP contribution >= 0.6 is 0 Å². The highest BCUT2D eigenvalue weighted by atomic mass is 19.1. The molecule has 1 N–H and O–H groups in total. The molecule has 1 aromatic carbocycles. The minimum Gasteiger partial charge on any atom is -0.369 e. The Morgan fingerprint density at radius 2 is 2.05 bits per heavy atom. The van der Waals surface area contributed by atoms with Gasteiger partial charge in [0, 0.05) is 18.7 Å². The molecule has 114 valence electrons. The van der Waals surface area contributed by atoms with Crippen molar-refractivity contribution in [3.63, 3.8) is 0 Å². The van der Waals surface area contributed by atoms with Gasteiger partial charge in [0.25, 0.3) is 0 Å². The Morgan fingerprint density at radius 1 is 1.23 bits per heavy atom. The Morgan fingerprint density at radius 3 is 2.77 bits per heavy atom. The first-order chi connectivity index (χ1) is 10.7. The van der Waals surface area contributed by atoms with E-state index in [1.54, 1.807) is 18.3 Å². The van der Waals surface area contributed by atoms with Gasteiger partial charge >= 0.3 is 0 Å². The third kappa shape index (κ3) is 3.49. The number of aromatic nitrogens is 2. The van der Waals surface area contributed by atoms with Crippen LogP contribution in [0.25, 0.3) is 11.3 Å². The van der Waals surface area contributed by atoms with Crippen molar-refractivity contribution in [2.24, 2.45) is 0 Å². The van der Waals surface area contributed by atoms with Gasteiger partial charge in [-0.2, -0.15) is 0 Å². The molecule has 0 radical (unpaired) electrons. The van der Waals surface area contributed by atoms with E-state index in [0.717, 1.165) is 43.1 Å². The smallest absolute Gasteiger partial charge is 0.126 e. The van der Waals surface area contributed by atoms with Crippen LogP contribution in [0.15, 0.2) is 42.6 Å². The second kappa shape index (κ2) is 6.66. The van der Waals surface area contributed by atoms with E-state index in [4.69, 9.17) is 0 Å². The monoisotopic (exact) mass is 298 g/mol. The first-order valence-electron chi connectivity index (χ1n) is 7.43. The van der Waals surface area contributed by atoms with Gasteiger partial charge in [-0.15, -0.1) is 0 Å². The van der Waals surface area contributed by atoms with Gasteiger partial charge < -0.3 is 5.32 Å². The van der Waals surface area contributed by atoms with Crippen LogP contribution in [0.5, 0.6) is 0 Å². The highest BCUT2D eigenvalue weighted by Crippen LogP contribution is 2.25. The van der Waals surface area contributed by atoms with Crippen LogP contribution in [0, 0.1) is 12.7 Å². The molecule has 2 heterocycles. The van der Waals surface area contributed by atoms with Gasteiger partial charge in [-0.3, -0.25) is 4.90 Å². The van der Waals surface area contributed by atoms with Crippen molar-refractivity contribution in [1.82, 2.24) is 14.9 Å². The summed E-state index contributed by atoms with van der Waals surface area (Å²) in [5.74, 6) is 0.454. The lowest BCUT2D eigenvalue weighted by Gasteiger charge is -2.24. The van der Waals surface area contributed by atoms with Crippen LogP contribution in [0.1, 0.15) is 12.2 Å². The molecule has 5 heteroatoms. The van der Waals surface area contributed by atoms with Crippen molar-refractivity contribution < 1.29 is 4.39 Å². The molecule has 0 unspecified atom stereocenters. The van der Waals surface area contributed by atoms with Gasteiger partial charge in [0.1, 0.15) is 11.6 Å². The summed E-state index contributed by atoms with van der Waals surface area (Å²) in [5, 5.41) is 3.40. The van der Waals surface area contributed by atoms with Crippen molar-refractivity contribution in [1.29, 1.82) is 0 Å². The third-order valence-electron chi connectivity index (χ3n) is 3.66. The summed E-state index contributed by atoms with van der Waals surface area (Å²) in [6.45, 7) is 4.59. The fourth-order valence-electron chi connectivity index (χ4n) is 2.46. The molecule has 1 aliphatic heterocycles. The van der Waals surface area contributed by atoms with E-state index < -0.39 is 0 Å². The first-order valence-corrected chi connectivity index (χ1v) is 7.43. The number of hydrogen-bond acceptors (Lipinski definition) is 4. The zero-order chi connectivity index (χ0) is 15.4. The zero-order valence-electron chi connectivity index (χ0n) is 12.6. The van der Waals surface area contributed by atoms with E-state index in [1.165, 1.54) is 12.1 Å². The molecule has 22 heavy (non-hydrogen) atoms. The largest absolute Gasteiger partial charge is 0.369 e. The lowest BCUT2D eigenvalue weighted by atomic mass is 10.1. The molecule has 2 aromatic rings. The zero-order valence-corrected chi connectivity index (χ0v) is 12.6. The van der Waals surface area contributed by atoms with Crippen LogP contribution in [-0.2, 0) is 0 Å². The van der Waals surface area contributed by atoms with Crippen LogP contribution in [-0.4, -0.2) is 34.6 Å². The van der Waals surface area contributed by atoms with Crippen LogP contribution in [0.3, 0.4) is 0 Å². The molecule has 3 rings (SSSR count).